The third kappa shape index (κ3) is 31.4. The fourth-order valence-corrected chi connectivity index (χ4v) is 10.0. The van der Waals surface area contributed by atoms with Crippen LogP contribution in [0.2, 0.25) is 0 Å². The molecule has 1 heterocycles. The van der Waals surface area contributed by atoms with Gasteiger partial charge in [0, 0.05) is 19.5 Å². The molecule has 35 nitrogen and oxygen atoms in total. The standard InChI is InChI=1S/C60H104N16O19/c1-11-33(10)48(75-50(85)35(19-20-43(78)79)68-52(87)38(26-44(80)81)71-56(91)47(32(8)9)73-49(84)34(62)16-14-22-65-60(63)64)57(92)69-36(17-12-13-21-61)58(93)76-23-15-18-41(76)54(89)70-39(27-45(82)83)53(88)74-46(31(6)7)55(90)66-28-42(77)67-37(24-29(2)3)51(86)72-40(59(94)95)25-30(4)5/h29-41,46-48H,11-28,61-62H2,1-10H3,(H,66,90)(H,67,77)(H,68,87)(H,69,92)(H,70,89)(H,71,91)(H,72,86)(H,73,84)(H,74,88)(H,75,85)(H,78,79)(H,80,81)(H,82,83)(H,94,95)(H4,63,64,65). The molecule has 0 saturated carbocycles. The zero-order valence-corrected chi connectivity index (χ0v) is 56.1. The topological polar surface area (TPSA) is 577 Å². The number of amides is 11. The molecule has 0 aromatic heterocycles. The number of aliphatic imine (C=N–C) groups is 1. The van der Waals surface area contributed by atoms with Crippen LogP contribution in [0.1, 0.15) is 159 Å². The summed E-state index contributed by atoms with van der Waals surface area (Å²) in [4.78, 5) is 205. The van der Waals surface area contributed by atoms with Crippen LogP contribution in [0.25, 0.3) is 0 Å². The van der Waals surface area contributed by atoms with Gasteiger partial charge in [-0.25, -0.2) is 4.79 Å². The van der Waals surface area contributed by atoms with Gasteiger partial charge in [-0.1, -0.05) is 75.7 Å². The molecule has 1 aliphatic rings. The van der Waals surface area contributed by atoms with E-state index in [1.807, 2.05) is 0 Å². The zero-order valence-electron chi connectivity index (χ0n) is 56.1. The molecule has 12 unspecified atom stereocenters. The number of carbonyl (C=O) groups is 15. The summed E-state index contributed by atoms with van der Waals surface area (Å²) in [5.41, 5.74) is 22.5. The highest BCUT2D eigenvalue weighted by Crippen LogP contribution is 2.22. The van der Waals surface area contributed by atoms with Gasteiger partial charge in [0.25, 0.3) is 0 Å². The number of nitrogens with zero attached hydrogens (tertiary/aromatic N) is 2. The molecule has 1 aliphatic heterocycles. The molecule has 538 valence electrons. The maximum absolute atomic E-state index is 14.7. The number of hydrogen-bond acceptors (Lipinski definition) is 18. The van der Waals surface area contributed by atoms with E-state index in [2.05, 4.69) is 58.2 Å². The molecule has 22 N–H and O–H groups in total. The number of carboxylic acids is 4. The van der Waals surface area contributed by atoms with Gasteiger partial charge in [0.05, 0.1) is 25.4 Å². The third-order valence-electron chi connectivity index (χ3n) is 15.4. The van der Waals surface area contributed by atoms with E-state index in [9.17, 15) is 92.3 Å². The highest BCUT2D eigenvalue weighted by molar-refractivity contribution is 6.00. The van der Waals surface area contributed by atoms with Crippen molar-refractivity contribution in [3.63, 3.8) is 0 Å². The van der Waals surface area contributed by atoms with Crippen LogP contribution in [0, 0.1) is 29.6 Å². The predicted molar refractivity (Wildman–Crippen MR) is 343 cm³/mol. The number of carbonyl (C=O) groups excluding carboxylic acids is 11. The van der Waals surface area contributed by atoms with Crippen LogP contribution < -0.4 is 76.1 Å². The smallest absolute Gasteiger partial charge is 0.326 e. The summed E-state index contributed by atoms with van der Waals surface area (Å²) in [5, 5.41) is 63.4. The lowest BCUT2D eigenvalue weighted by Gasteiger charge is -2.32. The molecule has 0 aliphatic carbocycles. The van der Waals surface area contributed by atoms with E-state index in [1.54, 1.807) is 55.4 Å². The van der Waals surface area contributed by atoms with Crippen molar-refractivity contribution in [3.05, 3.63) is 0 Å². The first-order chi connectivity index (χ1) is 44.3. The molecule has 1 saturated heterocycles. The Morgan fingerprint density at radius 1 is 0.516 bits per heavy atom. The average molecular weight is 1350 g/mol. The molecular weight excluding hydrogens is 1250 g/mol. The van der Waals surface area contributed by atoms with Crippen LogP contribution in [0.4, 0.5) is 0 Å². The fourth-order valence-electron chi connectivity index (χ4n) is 10.0. The van der Waals surface area contributed by atoms with Gasteiger partial charge in [-0.2, -0.15) is 0 Å². The number of hydrogen-bond donors (Lipinski definition) is 18. The van der Waals surface area contributed by atoms with Crippen LogP contribution in [-0.2, 0) is 71.9 Å². The molecule has 0 aromatic rings. The maximum atomic E-state index is 14.7. The third-order valence-corrected chi connectivity index (χ3v) is 15.4. The fraction of sp³-hybridized carbons (Fsp3) is 0.733. The Balaban J connectivity index is 3.47. The molecule has 11 amide bonds. The van der Waals surface area contributed by atoms with E-state index in [0.29, 0.717) is 12.8 Å². The van der Waals surface area contributed by atoms with E-state index in [1.165, 1.54) is 13.8 Å². The Bertz CT molecular complexity index is 2690. The monoisotopic (exact) mass is 1350 g/mol. The Morgan fingerprint density at radius 3 is 1.53 bits per heavy atom. The van der Waals surface area contributed by atoms with Gasteiger partial charge in [-0.3, -0.25) is 72.1 Å². The molecular formula is C60H104N16O19. The summed E-state index contributed by atoms with van der Waals surface area (Å²) in [6.07, 6.45) is -1.85. The molecule has 1 rings (SSSR count). The first-order valence-electron chi connectivity index (χ1n) is 32.0. The molecule has 0 bridgehead atoms. The number of carboxylic acid groups (broad SMARTS) is 4. The van der Waals surface area contributed by atoms with Crippen molar-refractivity contribution in [2.75, 3.05) is 26.2 Å². The molecule has 95 heavy (non-hydrogen) atoms. The van der Waals surface area contributed by atoms with Crippen molar-refractivity contribution in [3.8, 4) is 0 Å². The van der Waals surface area contributed by atoms with E-state index in [-0.39, 0.29) is 88.8 Å². The SMILES string of the molecule is CCC(C)C(NC(=O)C(CCC(=O)O)NC(=O)C(CC(=O)O)NC(=O)C(NC(=O)C(N)CCCN=C(N)N)C(C)C)C(=O)NC(CCCCN)C(=O)N1CCCC1C(=O)NC(CC(=O)O)C(=O)NC(C(=O)NCC(=O)NC(CC(C)C)C(=O)NC(CC(C)C)C(=O)O)C(C)C. The number of nitrogens with one attached hydrogen (secondary N) is 10. The minimum atomic E-state index is -1.92. The second kappa shape index (κ2) is 42.5. The van der Waals surface area contributed by atoms with Crippen LogP contribution in [0.15, 0.2) is 4.99 Å². The van der Waals surface area contributed by atoms with Crippen molar-refractivity contribution in [1.82, 2.24) is 58.1 Å². The second-order valence-electron chi connectivity index (χ2n) is 25.2. The molecule has 0 spiro atoms. The van der Waals surface area contributed by atoms with Gasteiger partial charge in [-0.15, -0.1) is 0 Å². The lowest BCUT2D eigenvalue weighted by molar-refractivity contribution is -0.144. The minimum absolute atomic E-state index is 0.00145. The van der Waals surface area contributed by atoms with Crippen molar-refractivity contribution >= 4 is 94.8 Å². The van der Waals surface area contributed by atoms with Gasteiger partial charge in [0.1, 0.15) is 60.4 Å². The van der Waals surface area contributed by atoms with Gasteiger partial charge in [-0.05, 0) is 100 Å². The number of rotatable bonds is 45. The molecule has 1 fully saturated rings. The van der Waals surface area contributed by atoms with Crippen LogP contribution in [-0.4, -0.2) is 213 Å². The quantitative estimate of drug-likeness (QED) is 0.0159. The van der Waals surface area contributed by atoms with Crippen LogP contribution in [0.5, 0.6) is 0 Å². The zero-order chi connectivity index (χ0) is 72.6. The predicted octanol–water partition coefficient (Wildman–Crippen LogP) is -3.68. The van der Waals surface area contributed by atoms with Crippen molar-refractivity contribution in [1.29, 1.82) is 0 Å². The number of guanidine groups is 1. The van der Waals surface area contributed by atoms with Gasteiger partial charge >= 0.3 is 23.9 Å². The number of unbranched alkanes of at least 4 members (excludes halogenated alkanes) is 1. The molecule has 35 heteroatoms. The minimum Gasteiger partial charge on any atom is -0.481 e. The number of likely N-dealkylation sites (tertiary alicyclic amines) is 1. The van der Waals surface area contributed by atoms with Gasteiger partial charge in [0.15, 0.2) is 5.96 Å². The summed E-state index contributed by atoms with van der Waals surface area (Å²) in [6.45, 7) is 16.0. The first kappa shape index (κ1) is 84.3. The lowest BCUT2D eigenvalue weighted by atomic mass is 9.96. The highest BCUT2D eigenvalue weighted by Gasteiger charge is 2.42. The lowest BCUT2D eigenvalue weighted by Crippen LogP contribution is -2.61. The molecule has 0 radical (unpaired) electrons. The van der Waals surface area contributed by atoms with Crippen molar-refractivity contribution < 1.29 is 92.3 Å². The highest BCUT2D eigenvalue weighted by atomic mass is 16.4. The second-order valence-corrected chi connectivity index (χ2v) is 25.2. The van der Waals surface area contributed by atoms with Crippen LogP contribution >= 0.6 is 0 Å². The van der Waals surface area contributed by atoms with Crippen molar-refractivity contribution in [2.45, 2.75) is 226 Å². The first-order valence-corrected chi connectivity index (χ1v) is 32.0. The van der Waals surface area contributed by atoms with Gasteiger partial charge < -0.3 is 101 Å². The maximum Gasteiger partial charge on any atom is 0.326 e. The van der Waals surface area contributed by atoms with E-state index < -0.39 is 205 Å². The summed E-state index contributed by atoms with van der Waals surface area (Å²) in [6, 6.07) is -16.2. The van der Waals surface area contributed by atoms with Gasteiger partial charge in [0.2, 0.25) is 65.0 Å². The van der Waals surface area contributed by atoms with E-state index >= 15 is 0 Å². The van der Waals surface area contributed by atoms with E-state index in [4.69, 9.17) is 22.9 Å². The summed E-state index contributed by atoms with van der Waals surface area (Å²) >= 11 is 0. The Morgan fingerprint density at radius 2 is 1.00 bits per heavy atom. The number of aliphatic carboxylic acids is 4. The summed E-state index contributed by atoms with van der Waals surface area (Å²) < 4.78 is 0. The van der Waals surface area contributed by atoms with E-state index in [0.717, 1.165) is 4.90 Å². The van der Waals surface area contributed by atoms with Crippen LogP contribution in [0.3, 0.4) is 0 Å². The average Bonchev–Trinajstić information content (AvgIpc) is 1.78. The molecule has 0 aromatic carbocycles. The summed E-state index contributed by atoms with van der Waals surface area (Å²) in [5.74, 6) is -18.8. The Kier molecular flexibility index (Phi) is 37.7. The normalized spacial score (nSPS) is 16.3. The Hall–Kier alpha value is -8.76. The molecule has 12 atom stereocenters. The number of nitrogens with two attached hydrogens (primary N) is 4. The Labute approximate surface area is 552 Å². The largest absolute Gasteiger partial charge is 0.481 e. The van der Waals surface area contributed by atoms with Crippen molar-refractivity contribution in [2.24, 2.45) is 57.5 Å². The summed E-state index contributed by atoms with van der Waals surface area (Å²) in [7, 11) is 0.